The summed E-state index contributed by atoms with van der Waals surface area (Å²) in [7, 11) is 4.91. The molecular weight excluding hydrogens is 364 g/mol. The molecule has 0 radical (unpaired) electrons. The molecule has 1 aliphatic heterocycles. The molecule has 0 aliphatic carbocycles. The van der Waals surface area contributed by atoms with E-state index < -0.39 is 0 Å². The van der Waals surface area contributed by atoms with Gasteiger partial charge >= 0.3 is 0 Å². The zero-order valence-electron chi connectivity index (χ0n) is 15.2. The first-order valence-electron chi connectivity index (χ1n) is 8.27. The first kappa shape index (κ1) is 17.4. The van der Waals surface area contributed by atoms with Gasteiger partial charge in [0.25, 0.3) is 0 Å². The molecule has 8 heteroatoms. The molecule has 0 atom stereocenters. The third-order valence-electron chi connectivity index (χ3n) is 4.24. The van der Waals surface area contributed by atoms with E-state index in [1.165, 1.54) is 0 Å². The van der Waals surface area contributed by atoms with E-state index in [1.807, 2.05) is 42.5 Å². The highest BCUT2D eigenvalue weighted by Gasteiger charge is 2.24. The summed E-state index contributed by atoms with van der Waals surface area (Å²) in [6, 6.07) is 13.4. The average molecular weight is 382 g/mol. The normalized spacial score (nSPS) is 12.9. The maximum Gasteiger partial charge on any atom is 0.212 e. The van der Waals surface area contributed by atoms with E-state index in [0.29, 0.717) is 17.3 Å². The minimum absolute atomic E-state index is 0.639. The topological polar surface area (TPSA) is 70.8 Å². The molecule has 0 N–H and O–H groups in total. The van der Waals surface area contributed by atoms with Crippen LogP contribution in [0.2, 0.25) is 0 Å². The number of thioether (sulfide) groups is 1. The Morgan fingerprint density at radius 2 is 1.70 bits per heavy atom. The van der Waals surface area contributed by atoms with E-state index in [9.17, 15) is 0 Å². The Hall–Kier alpha value is -3.00. The predicted octanol–water partition coefficient (Wildman–Crippen LogP) is 3.33. The van der Waals surface area contributed by atoms with Gasteiger partial charge in [-0.1, -0.05) is 23.9 Å². The summed E-state index contributed by atoms with van der Waals surface area (Å²) >= 11 is 1.58. The first-order valence-corrected chi connectivity index (χ1v) is 9.25. The number of hydrogen-bond acceptors (Lipinski definition) is 7. The lowest BCUT2D eigenvalue weighted by molar-refractivity contribution is 0.394. The molecule has 3 aromatic rings. The lowest BCUT2D eigenvalue weighted by Gasteiger charge is -2.17. The number of aromatic nitrogens is 3. The van der Waals surface area contributed by atoms with E-state index >= 15 is 0 Å². The number of hydrogen-bond donors (Lipinski definition) is 0. The molecule has 0 spiro atoms. The van der Waals surface area contributed by atoms with Gasteiger partial charge < -0.3 is 14.2 Å². The van der Waals surface area contributed by atoms with Gasteiger partial charge in [0.2, 0.25) is 5.16 Å². The Morgan fingerprint density at radius 3 is 2.48 bits per heavy atom. The summed E-state index contributed by atoms with van der Waals surface area (Å²) < 4.78 is 18.0. The molecule has 1 aromatic heterocycles. The summed E-state index contributed by atoms with van der Waals surface area (Å²) in [6.07, 6.45) is 0. The summed E-state index contributed by atoms with van der Waals surface area (Å²) in [4.78, 5) is 0. The van der Waals surface area contributed by atoms with Gasteiger partial charge in [-0.25, -0.2) is 0 Å². The number of methoxy groups -OCH3 is 3. The second-order valence-electron chi connectivity index (χ2n) is 5.72. The van der Waals surface area contributed by atoms with E-state index in [4.69, 9.17) is 19.3 Å². The van der Waals surface area contributed by atoms with Gasteiger partial charge in [0.15, 0.2) is 5.82 Å². The van der Waals surface area contributed by atoms with Crippen molar-refractivity contribution in [1.82, 2.24) is 14.9 Å². The molecule has 0 saturated heterocycles. The molecule has 2 aromatic carbocycles. The van der Waals surface area contributed by atoms with Crippen molar-refractivity contribution in [2.45, 2.75) is 5.16 Å². The first-order chi connectivity index (χ1) is 13.2. The van der Waals surface area contributed by atoms with Crippen molar-refractivity contribution in [3.05, 3.63) is 48.0 Å². The molecule has 0 bridgehead atoms. The van der Waals surface area contributed by atoms with Gasteiger partial charge in [-0.05, 0) is 24.3 Å². The Labute approximate surface area is 161 Å². The summed E-state index contributed by atoms with van der Waals surface area (Å²) in [5.41, 5.74) is 2.63. The maximum absolute atomic E-state index is 5.53. The van der Waals surface area contributed by atoms with Gasteiger partial charge in [0.05, 0.1) is 32.6 Å². The van der Waals surface area contributed by atoms with Crippen LogP contribution in [-0.4, -0.2) is 47.7 Å². The largest absolute Gasteiger partial charge is 0.497 e. The lowest BCUT2D eigenvalue weighted by atomic mass is 10.1. The van der Waals surface area contributed by atoms with Crippen molar-refractivity contribution in [3.63, 3.8) is 0 Å². The molecule has 1 aliphatic rings. The summed E-state index contributed by atoms with van der Waals surface area (Å²) in [6.45, 7) is 0. The molecular formula is C19H18N4O3S. The number of fused-ring (bicyclic) bond motifs is 1. The van der Waals surface area contributed by atoms with Gasteiger partial charge in [-0.2, -0.15) is 9.78 Å². The van der Waals surface area contributed by atoms with Crippen LogP contribution in [0.1, 0.15) is 5.56 Å². The van der Waals surface area contributed by atoms with Crippen LogP contribution in [0.3, 0.4) is 0 Å². The Morgan fingerprint density at radius 1 is 0.889 bits per heavy atom. The van der Waals surface area contributed by atoms with E-state index in [2.05, 4.69) is 10.2 Å². The van der Waals surface area contributed by atoms with Gasteiger partial charge in [0.1, 0.15) is 17.2 Å². The van der Waals surface area contributed by atoms with E-state index in [-0.39, 0.29) is 0 Å². The number of ether oxygens (including phenoxy) is 3. The Balaban J connectivity index is 1.81. The van der Waals surface area contributed by atoms with Crippen molar-refractivity contribution >= 4 is 17.5 Å². The Kier molecular flexibility index (Phi) is 4.72. The fraction of sp³-hybridized carbons (Fsp3) is 0.211. The fourth-order valence-corrected chi connectivity index (χ4v) is 3.72. The highest BCUT2D eigenvalue weighted by Crippen LogP contribution is 2.34. The standard InChI is InChI=1S/C19H18N4O3S/c1-24-12-8-9-13(17(10-12)26-3)15-11-27-19-21-20-18(23(19)22-15)14-6-4-5-7-16(14)25-2/h4-10H,11H2,1-3H3. The SMILES string of the molecule is COc1ccc(C2=Nn3c(nnc3-c3ccccc3OC)SC2)c(OC)c1. The monoisotopic (exact) mass is 382 g/mol. The third-order valence-corrected chi connectivity index (χ3v) is 5.17. The molecule has 138 valence electrons. The van der Waals surface area contributed by atoms with E-state index in [1.54, 1.807) is 37.8 Å². The van der Waals surface area contributed by atoms with Gasteiger partial charge in [-0.15, -0.1) is 10.2 Å². The number of rotatable bonds is 5. The average Bonchev–Trinajstić information content (AvgIpc) is 3.16. The second-order valence-corrected chi connectivity index (χ2v) is 6.66. The van der Waals surface area contributed by atoms with Crippen LogP contribution in [0.4, 0.5) is 0 Å². The third kappa shape index (κ3) is 3.12. The van der Waals surface area contributed by atoms with Crippen LogP contribution in [0, 0.1) is 0 Å². The van der Waals surface area contributed by atoms with Gasteiger partial charge in [-0.3, -0.25) is 0 Å². The van der Waals surface area contributed by atoms with Crippen molar-refractivity contribution < 1.29 is 14.2 Å². The summed E-state index contributed by atoms with van der Waals surface area (Å²) in [5.74, 6) is 3.48. The molecule has 0 unspecified atom stereocenters. The molecule has 27 heavy (non-hydrogen) atoms. The summed E-state index contributed by atoms with van der Waals surface area (Å²) in [5, 5.41) is 14.1. The molecule has 0 amide bonds. The van der Waals surface area contributed by atoms with E-state index in [0.717, 1.165) is 33.5 Å². The molecule has 0 fully saturated rings. The highest BCUT2D eigenvalue weighted by molar-refractivity contribution is 7.99. The predicted molar refractivity (Wildman–Crippen MR) is 104 cm³/mol. The van der Waals surface area contributed by atoms with Crippen LogP contribution < -0.4 is 14.2 Å². The highest BCUT2D eigenvalue weighted by atomic mass is 32.2. The van der Waals surface area contributed by atoms with Crippen LogP contribution in [0.25, 0.3) is 11.4 Å². The van der Waals surface area contributed by atoms with Crippen molar-refractivity contribution in [2.75, 3.05) is 27.1 Å². The number of nitrogens with zero attached hydrogens (tertiary/aromatic N) is 4. The minimum atomic E-state index is 0.639. The zero-order chi connectivity index (χ0) is 18.8. The number of benzene rings is 2. The van der Waals surface area contributed by atoms with Crippen LogP contribution in [0.5, 0.6) is 17.2 Å². The van der Waals surface area contributed by atoms with Crippen LogP contribution in [-0.2, 0) is 0 Å². The number of para-hydroxylation sites is 1. The lowest BCUT2D eigenvalue weighted by Crippen LogP contribution is -2.15. The minimum Gasteiger partial charge on any atom is -0.497 e. The quantitative estimate of drug-likeness (QED) is 0.674. The van der Waals surface area contributed by atoms with Crippen LogP contribution >= 0.6 is 11.8 Å². The van der Waals surface area contributed by atoms with Crippen LogP contribution in [0.15, 0.2) is 52.7 Å². The molecule has 0 saturated carbocycles. The van der Waals surface area contributed by atoms with Crippen molar-refractivity contribution in [2.24, 2.45) is 5.10 Å². The molecule has 7 nitrogen and oxygen atoms in total. The zero-order valence-corrected chi connectivity index (χ0v) is 16.0. The molecule has 4 rings (SSSR count). The van der Waals surface area contributed by atoms with Crippen molar-refractivity contribution in [3.8, 4) is 28.6 Å². The second kappa shape index (κ2) is 7.32. The van der Waals surface area contributed by atoms with Gasteiger partial charge in [0, 0.05) is 17.4 Å². The molecule has 2 heterocycles. The Bertz CT molecular complexity index is 1020. The maximum atomic E-state index is 5.53. The fourth-order valence-electron chi connectivity index (χ4n) is 2.89. The van der Waals surface area contributed by atoms with Crippen molar-refractivity contribution in [1.29, 1.82) is 0 Å². The smallest absolute Gasteiger partial charge is 0.212 e.